The Bertz CT molecular complexity index is 524. The van der Waals surface area contributed by atoms with Crippen LogP contribution in [0.25, 0.3) is 0 Å². The van der Waals surface area contributed by atoms with Crippen molar-refractivity contribution in [2.24, 2.45) is 28.6 Å². The highest BCUT2D eigenvalue weighted by Gasteiger charge is 2.59. The van der Waals surface area contributed by atoms with Crippen molar-refractivity contribution in [3.8, 4) is 0 Å². The monoisotopic (exact) mass is 316 g/mol. The molecule has 0 amide bonds. The number of hydrogen-bond acceptors (Lipinski definition) is 2. The van der Waals surface area contributed by atoms with Crippen molar-refractivity contribution in [3.05, 3.63) is 24.3 Å². The number of ether oxygens (including phenoxy) is 1. The fraction of sp³-hybridized carbons (Fsp3) is 0.810. The van der Waals surface area contributed by atoms with E-state index in [0.29, 0.717) is 11.5 Å². The van der Waals surface area contributed by atoms with Gasteiger partial charge in [0.25, 0.3) is 0 Å². The number of allylic oxidation sites excluding steroid dienone is 2. The molecule has 23 heavy (non-hydrogen) atoms. The first-order valence-corrected chi connectivity index (χ1v) is 9.59. The summed E-state index contributed by atoms with van der Waals surface area (Å²) < 4.78 is 5.87. The zero-order valence-electron chi connectivity index (χ0n) is 14.8. The van der Waals surface area contributed by atoms with E-state index in [2.05, 4.69) is 25.7 Å². The Kier molecular flexibility index (Phi) is 3.77. The molecule has 7 atom stereocenters. The number of hydrogen-bond donors (Lipinski definition) is 1. The zero-order valence-corrected chi connectivity index (χ0v) is 14.8. The molecule has 0 bridgehead atoms. The largest absolute Gasteiger partial charge is 0.393 e. The highest BCUT2D eigenvalue weighted by molar-refractivity contribution is 5.31. The Morgan fingerprint density at radius 1 is 1.22 bits per heavy atom. The predicted molar refractivity (Wildman–Crippen MR) is 93.0 cm³/mol. The van der Waals surface area contributed by atoms with Gasteiger partial charge in [0.15, 0.2) is 0 Å². The number of fused-ring (bicyclic) bond motifs is 5. The van der Waals surface area contributed by atoms with E-state index in [1.54, 1.807) is 0 Å². The van der Waals surface area contributed by atoms with Gasteiger partial charge in [-0.3, -0.25) is 0 Å². The lowest BCUT2D eigenvalue weighted by Gasteiger charge is -2.58. The highest BCUT2D eigenvalue weighted by Crippen LogP contribution is 2.65. The van der Waals surface area contributed by atoms with E-state index in [4.69, 9.17) is 4.74 Å². The van der Waals surface area contributed by atoms with Crippen LogP contribution in [-0.4, -0.2) is 24.4 Å². The summed E-state index contributed by atoms with van der Waals surface area (Å²) in [5, 5.41) is 10.1. The molecule has 0 radical (unpaired) electrons. The molecule has 4 aliphatic carbocycles. The normalized spacial score (nSPS) is 52.1. The molecule has 3 unspecified atom stereocenters. The number of rotatable bonds is 2. The van der Waals surface area contributed by atoms with Crippen LogP contribution in [0.3, 0.4) is 0 Å². The zero-order chi connectivity index (χ0) is 16.2. The Balaban J connectivity index is 1.69. The van der Waals surface area contributed by atoms with Gasteiger partial charge in [0.2, 0.25) is 0 Å². The lowest BCUT2D eigenvalue weighted by atomic mass is 9.47. The summed E-state index contributed by atoms with van der Waals surface area (Å²) in [6.45, 7) is 6.75. The van der Waals surface area contributed by atoms with Crippen LogP contribution in [0.5, 0.6) is 0 Å². The molecule has 0 saturated heterocycles. The number of methoxy groups -OCH3 is 1. The van der Waals surface area contributed by atoms with E-state index in [1.165, 1.54) is 37.7 Å². The van der Waals surface area contributed by atoms with Crippen molar-refractivity contribution >= 4 is 0 Å². The van der Waals surface area contributed by atoms with Crippen LogP contribution in [0.15, 0.2) is 24.3 Å². The molecule has 3 fully saturated rings. The first-order valence-electron chi connectivity index (χ1n) is 9.59. The van der Waals surface area contributed by atoms with Gasteiger partial charge >= 0.3 is 0 Å². The van der Waals surface area contributed by atoms with Crippen LogP contribution in [0.1, 0.15) is 58.3 Å². The van der Waals surface area contributed by atoms with Gasteiger partial charge in [0, 0.05) is 12.5 Å². The van der Waals surface area contributed by atoms with Gasteiger partial charge in [-0.15, -0.1) is 6.58 Å². The highest BCUT2D eigenvalue weighted by atomic mass is 16.5. The van der Waals surface area contributed by atoms with Crippen molar-refractivity contribution in [3.63, 3.8) is 0 Å². The van der Waals surface area contributed by atoms with E-state index in [-0.39, 0.29) is 11.5 Å². The summed E-state index contributed by atoms with van der Waals surface area (Å²) in [6, 6.07) is 0. The van der Waals surface area contributed by atoms with Gasteiger partial charge in [0.05, 0.1) is 12.2 Å². The predicted octanol–water partition coefficient (Wildman–Crippen LogP) is 4.49. The van der Waals surface area contributed by atoms with Crippen LogP contribution >= 0.6 is 0 Å². The second-order valence-electron chi connectivity index (χ2n) is 8.83. The summed E-state index contributed by atoms with van der Waals surface area (Å²) in [6.07, 6.45) is 14.3. The van der Waals surface area contributed by atoms with Crippen LogP contribution in [0, 0.1) is 28.6 Å². The number of aliphatic hydroxyl groups is 1. The second-order valence-corrected chi connectivity index (χ2v) is 8.83. The molecule has 4 rings (SSSR count). The summed E-state index contributed by atoms with van der Waals surface area (Å²) in [4.78, 5) is 0. The SMILES string of the molecule is C=C[C@]12CC[C@H](O)CC1=CCC1C2CC[C@@]2(C)C1CC[C@@H]2OC. The van der Waals surface area contributed by atoms with Crippen LogP contribution in [0.2, 0.25) is 0 Å². The van der Waals surface area contributed by atoms with Crippen molar-refractivity contribution in [1.29, 1.82) is 0 Å². The fourth-order valence-corrected chi connectivity index (χ4v) is 7.07. The molecule has 128 valence electrons. The van der Waals surface area contributed by atoms with Crippen molar-refractivity contribution in [1.82, 2.24) is 0 Å². The average Bonchev–Trinajstić information content (AvgIpc) is 2.90. The van der Waals surface area contributed by atoms with E-state index in [1.807, 2.05) is 7.11 Å². The van der Waals surface area contributed by atoms with Gasteiger partial charge in [-0.2, -0.15) is 0 Å². The Labute approximate surface area is 141 Å². The second kappa shape index (κ2) is 5.46. The molecule has 2 nitrogen and oxygen atoms in total. The molecule has 0 aromatic heterocycles. The first kappa shape index (κ1) is 15.9. The standard InChI is InChI=1S/C21H32O2/c1-4-21-12-9-15(22)13-14(21)5-6-16-17-7-8-19(23-3)20(17,2)11-10-18(16)21/h4-5,15-19,22H,1,6-13H2,2-3H3/t15-,16?,17?,18?,19-,20-,21-/m0/s1. The average molecular weight is 316 g/mol. The quantitative estimate of drug-likeness (QED) is 0.761. The summed E-state index contributed by atoms with van der Waals surface area (Å²) in [5.74, 6) is 2.32. The van der Waals surface area contributed by atoms with Crippen LogP contribution < -0.4 is 0 Å². The van der Waals surface area contributed by atoms with Gasteiger partial charge < -0.3 is 9.84 Å². The topological polar surface area (TPSA) is 29.5 Å². The minimum absolute atomic E-state index is 0.135. The maximum atomic E-state index is 10.1. The van der Waals surface area contributed by atoms with Crippen LogP contribution in [-0.2, 0) is 4.74 Å². The smallest absolute Gasteiger partial charge is 0.0627 e. The summed E-state index contributed by atoms with van der Waals surface area (Å²) >= 11 is 0. The Morgan fingerprint density at radius 3 is 2.78 bits per heavy atom. The molecule has 0 spiro atoms. The van der Waals surface area contributed by atoms with E-state index < -0.39 is 0 Å². The maximum absolute atomic E-state index is 10.1. The van der Waals surface area contributed by atoms with E-state index in [0.717, 1.165) is 37.0 Å². The third-order valence-corrected chi connectivity index (χ3v) is 8.24. The lowest BCUT2D eigenvalue weighted by molar-refractivity contribution is -0.0764. The Hall–Kier alpha value is -0.600. The van der Waals surface area contributed by atoms with Gasteiger partial charge in [0.1, 0.15) is 0 Å². The van der Waals surface area contributed by atoms with E-state index >= 15 is 0 Å². The molecule has 0 aromatic carbocycles. The molecule has 1 N–H and O–H groups in total. The minimum Gasteiger partial charge on any atom is -0.393 e. The minimum atomic E-state index is -0.135. The third-order valence-electron chi connectivity index (χ3n) is 8.24. The van der Waals surface area contributed by atoms with Gasteiger partial charge in [-0.1, -0.05) is 24.6 Å². The molecule has 4 aliphatic rings. The first-order chi connectivity index (χ1) is 11.0. The third kappa shape index (κ3) is 2.07. The molecule has 0 aliphatic heterocycles. The molecule has 3 saturated carbocycles. The van der Waals surface area contributed by atoms with Crippen molar-refractivity contribution in [2.75, 3.05) is 7.11 Å². The molecular weight excluding hydrogens is 284 g/mol. The Morgan fingerprint density at radius 2 is 2.04 bits per heavy atom. The van der Waals surface area contributed by atoms with E-state index in [9.17, 15) is 5.11 Å². The molecule has 2 heteroatoms. The summed E-state index contributed by atoms with van der Waals surface area (Å²) in [5.41, 5.74) is 2.05. The lowest BCUT2D eigenvalue weighted by Crippen LogP contribution is -2.51. The summed E-state index contributed by atoms with van der Waals surface area (Å²) in [7, 11) is 1.90. The van der Waals surface area contributed by atoms with Crippen molar-refractivity contribution < 1.29 is 9.84 Å². The van der Waals surface area contributed by atoms with Gasteiger partial charge in [-0.05, 0) is 74.5 Å². The van der Waals surface area contributed by atoms with Crippen LogP contribution in [0.4, 0.5) is 0 Å². The van der Waals surface area contributed by atoms with Crippen molar-refractivity contribution in [2.45, 2.75) is 70.5 Å². The molecular formula is C21H32O2. The molecule has 0 aromatic rings. The number of aliphatic hydroxyl groups excluding tert-OH is 1. The fourth-order valence-electron chi connectivity index (χ4n) is 7.07. The maximum Gasteiger partial charge on any atom is 0.0627 e. The van der Waals surface area contributed by atoms with Gasteiger partial charge in [-0.25, -0.2) is 0 Å². The molecule has 0 heterocycles.